The molecule has 3 atom stereocenters. The Bertz CT molecular complexity index is 466. The van der Waals surface area contributed by atoms with Crippen LogP contribution in [0.25, 0.3) is 0 Å². The molecule has 24 heavy (non-hydrogen) atoms. The average Bonchev–Trinajstić information content (AvgIpc) is 2.66. The van der Waals surface area contributed by atoms with Gasteiger partial charge in [0.05, 0.1) is 24.9 Å². The Morgan fingerprint density at radius 2 is 2.17 bits per heavy atom. The molecule has 0 aromatic rings. The molecule has 0 radical (unpaired) electrons. The van der Waals surface area contributed by atoms with Gasteiger partial charge in [-0.05, 0) is 75.7 Å². The molecule has 1 rings (SSSR count). The van der Waals surface area contributed by atoms with Gasteiger partial charge in [-0.3, -0.25) is 0 Å². The fraction of sp³-hybridized carbons (Fsp3) is 0.750. The number of allylic oxidation sites excluding steroid dienone is 2. The van der Waals surface area contributed by atoms with Crippen LogP contribution >= 0.6 is 12.2 Å². The molecule has 2 N–H and O–H groups in total. The highest BCUT2D eigenvalue weighted by Gasteiger charge is 2.35. The van der Waals surface area contributed by atoms with E-state index in [-0.39, 0.29) is 6.61 Å². The third-order valence-corrected chi connectivity index (χ3v) is 5.55. The maximum atomic E-state index is 10.5. The van der Waals surface area contributed by atoms with Gasteiger partial charge in [-0.15, -0.1) is 0 Å². The first-order valence-corrected chi connectivity index (χ1v) is 9.46. The summed E-state index contributed by atoms with van der Waals surface area (Å²) in [4.78, 5) is 1.11. The van der Waals surface area contributed by atoms with Gasteiger partial charge < -0.3 is 14.9 Å². The van der Waals surface area contributed by atoms with E-state index in [4.69, 9.17) is 22.1 Å². The number of rotatable bonds is 8. The lowest BCUT2D eigenvalue weighted by atomic mass is 9.87. The smallest absolute Gasteiger partial charge is 0.0916 e. The van der Waals surface area contributed by atoms with E-state index in [0.717, 1.165) is 42.5 Å². The summed E-state index contributed by atoms with van der Waals surface area (Å²) < 4.78 is 6.02. The van der Waals surface area contributed by atoms with E-state index in [1.165, 1.54) is 5.57 Å². The van der Waals surface area contributed by atoms with Gasteiger partial charge in [0.15, 0.2) is 0 Å². The first kappa shape index (κ1) is 21.5. The van der Waals surface area contributed by atoms with Crippen LogP contribution in [0.1, 0.15) is 66.2 Å². The Labute approximate surface area is 152 Å². The highest BCUT2D eigenvalue weighted by molar-refractivity contribution is 7.80. The summed E-state index contributed by atoms with van der Waals surface area (Å²) in [7, 11) is 0. The maximum Gasteiger partial charge on any atom is 0.0916 e. The largest absolute Gasteiger partial charge is 0.392 e. The second-order valence-corrected chi connectivity index (χ2v) is 7.97. The molecule has 0 spiro atoms. The zero-order valence-electron chi connectivity index (χ0n) is 15.7. The summed E-state index contributed by atoms with van der Waals surface area (Å²) in [6.07, 6.45) is 8.73. The van der Waals surface area contributed by atoms with Crippen LogP contribution in [0.15, 0.2) is 23.3 Å². The lowest BCUT2D eigenvalue weighted by molar-refractivity contribution is -0.104. The van der Waals surface area contributed by atoms with Crippen LogP contribution in [0.2, 0.25) is 0 Å². The van der Waals surface area contributed by atoms with E-state index < -0.39 is 11.7 Å². The standard InChI is InChI=1S/C20H34O3S/c1-15(2)7-9-18(24)16(3)6-5-12-20(4)19(22)10-8-17(11-13-21)14-23-20/h7,11,16,19,21-22H,5-6,8-10,12-14H2,1-4H3/b17-11+/t16?,19-,20+/m1/s1. The van der Waals surface area contributed by atoms with Crippen molar-refractivity contribution in [3.63, 3.8) is 0 Å². The molecule has 1 saturated heterocycles. The number of aliphatic hydroxyl groups excluding tert-OH is 2. The Hall–Kier alpha value is -0.550. The van der Waals surface area contributed by atoms with Crippen molar-refractivity contribution in [1.82, 2.24) is 0 Å². The second kappa shape index (κ2) is 10.4. The monoisotopic (exact) mass is 354 g/mol. The van der Waals surface area contributed by atoms with Gasteiger partial charge in [0, 0.05) is 0 Å². The Kier molecular flexibility index (Phi) is 9.35. The SMILES string of the molecule is CC(C)=CCC(=S)C(C)CCC[C@]1(C)OC/C(=C/CO)CC[C@H]1O. The molecule has 0 aromatic heterocycles. The van der Waals surface area contributed by atoms with Crippen LogP contribution < -0.4 is 0 Å². The Balaban J connectivity index is 2.48. The molecule has 1 heterocycles. The van der Waals surface area contributed by atoms with Crippen molar-refractivity contribution in [2.45, 2.75) is 77.9 Å². The van der Waals surface area contributed by atoms with Crippen LogP contribution in [0.4, 0.5) is 0 Å². The highest BCUT2D eigenvalue weighted by atomic mass is 32.1. The van der Waals surface area contributed by atoms with Gasteiger partial charge in [-0.1, -0.05) is 36.9 Å². The summed E-state index contributed by atoms with van der Waals surface area (Å²) in [6.45, 7) is 8.92. The number of hydrogen-bond donors (Lipinski definition) is 2. The third-order valence-electron chi connectivity index (χ3n) is 4.98. The molecule has 4 heteroatoms. The van der Waals surface area contributed by atoms with E-state index in [2.05, 4.69) is 26.8 Å². The number of aliphatic hydroxyl groups is 2. The minimum absolute atomic E-state index is 0.0339. The molecule has 1 unspecified atom stereocenters. The molecular weight excluding hydrogens is 320 g/mol. The van der Waals surface area contributed by atoms with E-state index in [1.54, 1.807) is 6.08 Å². The van der Waals surface area contributed by atoms with Crippen LogP contribution in [0.5, 0.6) is 0 Å². The third kappa shape index (κ3) is 7.14. The molecule has 1 fully saturated rings. The van der Waals surface area contributed by atoms with Gasteiger partial charge in [-0.25, -0.2) is 0 Å². The normalized spacial score (nSPS) is 27.6. The summed E-state index contributed by atoms with van der Waals surface area (Å²) in [5.41, 5.74) is 1.88. The first-order valence-electron chi connectivity index (χ1n) is 9.05. The highest BCUT2D eigenvalue weighted by Crippen LogP contribution is 2.31. The predicted molar refractivity (Wildman–Crippen MR) is 104 cm³/mol. The lowest BCUT2D eigenvalue weighted by Gasteiger charge is -2.33. The minimum atomic E-state index is -0.508. The molecule has 1 aliphatic heterocycles. The first-order chi connectivity index (χ1) is 11.3. The van der Waals surface area contributed by atoms with Crippen molar-refractivity contribution < 1.29 is 14.9 Å². The van der Waals surface area contributed by atoms with Crippen molar-refractivity contribution in [3.8, 4) is 0 Å². The molecule has 138 valence electrons. The predicted octanol–water partition coefficient (Wildman–Crippen LogP) is 4.37. The molecule has 1 aliphatic rings. The number of hydrogen-bond acceptors (Lipinski definition) is 4. The number of thiocarbonyl (C=S) groups is 1. The van der Waals surface area contributed by atoms with Crippen molar-refractivity contribution in [3.05, 3.63) is 23.3 Å². The van der Waals surface area contributed by atoms with Gasteiger partial charge in [-0.2, -0.15) is 0 Å². The molecular formula is C20H34O3S. The summed E-state index contributed by atoms with van der Waals surface area (Å²) >= 11 is 5.53. The number of ether oxygens (including phenoxy) is 1. The van der Waals surface area contributed by atoms with Gasteiger partial charge in [0.25, 0.3) is 0 Å². The minimum Gasteiger partial charge on any atom is -0.392 e. The fourth-order valence-corrected chi connectivity index (χ4v) is 3.21. The lowest BCUT2D eigenvalue weighted by Crippen LogP contribution is -2.41. The van der Waals surface area contributed by atoms with Gasteiger partial charge in [0.2, 0.25) is 0 Å². The maximum absolute atomic E-state index is 10.5. The molecule has 0 bridgehead atoms. The topological polar surface area (TPSA) is 49.7 Å². The Morgan fingerprint density at radius 3 is 2.79 bits per heavy atom. The van der Waals surface area contributed by atoms with Crippen molar-refractivity contribution in [2.24, 2.45) is 5.92 Å². The van der Waals surface area contributed by atoms with Gasteiger partial charge >= 0.3 is 0 Å². The quantitative estimate of drug-likeness (QED) is 0.502. The van der Waals surface area contributed by atoms with Gasteiger partial charge in [0.1, 0.15) is 0 Å². The van der Waals surface area contributed by atoms with E-state index >= 15 is 0 Å². The van der Waals surface area contributed by atoms with Crippen LogP contribution in [0, 0.1) is 5.92 Å². The zero-order valence-corrected chi connectivity index (χ0v) is 16.5. The molecule has 0 amide bonds. The molecule has 0 aliphatic carbocycles. The van der Waals surface area contributed by atoms with Crippen LogP contribution in [-0.2, 0) is 4.74 Å². The zero-order chi connectivity index (χ0) is 18.2. The fourth-order valence-electron chi connectivity index (χ4n) is 3.01. The van der Waals surface area contributed by atoms with Crippen LogP contribution in [-0.4, -0.2) is 40.0 Å². The molecule has 0 saturated carbocycles. The van der Waals surface area contributed by atoms with E-state index in [1.807, 2.05) is 6.92 Å². The summed E-state index contributed by atoms with van der Waals surface area (Å²) in [5, 5.41) is 19.5. The van der Waals surface area contributed by atoms with Crippen molar-refractivity contribution >= 4 is 17.1 Å². The average molecular weight is 355 g/mol. The van der Waals surface area contributed by atoms with Crippen LogP contribution in [0.3, 0.4) is 0 Å². The molecule has 0 aromatic carbocycles. The van der Waals surface area contributed by atoms with E-state index in [0.29, 0.717) is 18.9 Å². The van der Waals surface area contributed by atoms with E-state index in [9.17, 15) is 5.11 Å². The second-order valence-electron chi connectivity index (χ2n) is 7.45. The summed E-state index contributed by atoms with van der Waals surface area (Å²) in [6, 6.07) is 0. The van der Waals surface area contributed by atoms with Crippen molar-refractivity contribution in [1.29, 1.82) is 0 Å². The summed E-state index contributed by atoms with van der Waals surface area (Å²) in [5.74, 6) is 0.409. The Morgan fingerprint density at radius 1 is 1.46 bits per heavy atom. The van der Waals surface area contributed by atoms with Crippen molar-refractivity contribution in [2.75, 3.05) is 13.2 Å². The molecule has 3 nitrogen and oxygen atoms in total.